The molecule has 16 heavy (non-hydrogen) atoms. The Morgan fingerprint density at radius 3 is 2.44 bits per heavy atom. The van der Waals surface area contributed by atoms with Gasteiger partial charge >= 0.3 is 0 Å². The average molecular weight is 212 g/mol. The lowest BCUT2D eigenvalue weighted by Gasteiger charge is -2.07. The first kappa shape index (κ1) is 10.4. The number of hydrogen-bond acceptors (Lipinski definition) is 2. The van der Waals surface area contributed by atoms with Crippen LogP contribution >= 0.6 is 0 Å². The topological polar surface area (TPSA) is 37.3 Å². The second kappa shape index (κ2) is 4.19. The number of benzene rings is 2. The number of hydrogen-bond donors (Lipinski definition) is 1. The predicted octanol–water partition coefficient (Wildman–Crippen LogP) is 3.18. The minimum absolute atomic E-state index is 0.138. The third-order valence-corrected chi connectivity index (χ3v) is 2.60. The van der Waals surface area contributed by atoms with E-state index in [-0.39, 0.29) is 5.75 Å². The molecule has 2 rings (SSSR count). The Kier molecular flexibility index (Phi) is 2.73. The molecule has 2 aromatic rings. The van der Waals surface area contributed by atoms with E-state index in [9.17, 15) is 9.90 Å². The smallest absolute Gasteiger partial charge is 0.150 e. The molecule has 0 bridgehead atoms. The zero-order valence-corrected chi connectivity index (χ0v) is 8.97. The Morgan fingerprint density at radius 2 is 1.81 bits per heavy atom. The molecule has 0 aromatic heterocycles. The van der Waals surface area contributed by atoms with Crippen LogP contribution in [0.5, 0.6) is 5.75 Å². The molecule has 2 nitrogen and oxygen atoms in total. The molecule has 0 aliphatic carbocycles. The van der Waals surface area contributed by atoms with Crippen molar-refractivity contribution in [2.45, 2.75) is 6.92 Å². The Bertz CT molecular complexity index is 516. The predicted molar refractivity (Wildman–Crippen MR) is 63.7 cm³/mol. The molecule has 0 saturated heterocycles. The highest BCUT2D eigenvalue weighted by Crippen LogP contribution is 2.31. The summed E-state index contributed by atoms with van der Waals surface area (Å²) in [4.78, 5) is 10.7. The van der Waals surface area contributed by atoms with Crippen molar-refractivity contribution < 1.29 is 9.90 Å². The van der Waals surface area contributed by atoms with Crippen LogP contribution in [0, 0.1) is 6.92 Å². The van der Waals surface area contributed by atoms with Crippen LogP contribution in [0.1, 0.15) is 15.9 Å². The lowest BCUT2D eigenvalue weighted by Crippen LogP contribution is -1.88. The molecular formula is C14H12O2. The van der Waals surface area contributed by atoms with Crippen molar-refractivity contribution in [3.63, 3.8) is 0 Å². The van der Waals surface area contributed by atoms with E-state index in [0.29, 0.717) is 5.56 Å². The van der Waals surface area contributed by atoms with Gasteiger partial charge in [-0.25, -0.2) is 0 Å². The van der Waals surface area contributed by atoms with Gasteiger partial charge in [0.05, 0.1) is 0 Å². The Labute approximate surface area is 94.2 Å². The summed E-state index contributed by atoms with van der Waals surface area (Å²) in [5.41, 5.74) is 3.09. The minimum atomic E-state index is 0.138. The van der Waals surface area contributed by atoms with E-state index < -0.39 is 0 Å². The molecule has 2 aromatic carbocycles. The minimum Gasteiger partial charge on any atom is -0.507 e. The number of carbonyl (C=O) groups is 1. The normalized spacial score (nSPS) is 10.1. The van der Waals surface area contributed by atoms with Gasteiger partial charge in [0.25, 0.3) is 0 Å². The summed E-state index contributed by atoms with van der Waals surface area (Å²) in [6.07, 6.45) is 0.754. The summed E-state index contributed by atoms with van der Waals surface area (Å²) >= 11 is 0. The first-order valence-corrected chi connectivity index (χ1v) is 5.06. The lowest BCUT2D eigenvalue weighted by molar-refractivity contribution is 0.112. The SMILES string of the molecule is Cc1cc(-c2ccccc2)c(O)cc1C=O. The van der Waals surface area contributed by atoms with Gasteiger partial charge in [-0.2, -0.15) is 0 Å². The number of aromatic hydroxyl groups is 1. The van der Waals surface area contributed by atoms with Crippen LogP contribution in [-0.2, 0) is 0 Å². The molecule has 0 amide bonds. The number of rotatable bonds is 2. The molecule has 0 spiro atoms. The van der Waals surface area contributed by atoms with Crippen LogP contribution in [0.2, 0.25) is 0 Å². The van der Waals surface area contributed by atoms with E-state index >= 15 is 0 Å². The zero-order valence-electron chi connectivity index (χ0n) is 8.97. The summed E-state index contributed by atoms with van der Waals surface area (Å²) in [5, 5.41) is 9.84. The maximum atomic E-state index is 10.7. The van der Waals surface area contributed by atoms with Crippen LogP contribution in [0.15, 0.2) is 42.5 Å². The maximum absolute atomic E-state index is 10.7. The summed E-state index contributed by atoms with van der Waals surface area (Å²) in [6, 6.07) is 12.9. The third kappa shape index (κ3) is 1.82. The Hall–Kier alpha value is -2.09. The van der Waals surface area contributed by atoms with Gasteiger partial charge in [0, 0.05) is 11.1 Å². The van der Waals surface area contributed by atoms with E-state index in [0.717, 1.165) is 23.0 Å². The molecule has 80 valence electrons. The van der Waals surface area contributed by atoms with Gasteiger partial charge in [0.2, 0.25) is 0 Å². The molecule has 0 saturated carbocycles. The average Bonchev–Trinajstić information content (AvgIpc) is 2.32. The number of aldehydes is 1. The number of carbonyl (C=O) groups excluding carboxylic acids is 1. The fourth-order valence-electron chi connectivity index (χ4n) is 1.69. The van der Waals surface area contributed by atoms with Gasteiger partial charge in [-0.1, -0.05) is 30.3 Å². The fourth-order valence-corrected chi connectivity index (χ4v) is 1.69. The van der Waals surface area contributed by atoms with Crippen molar-refractivity contribution in [1.82, 2.24) is 0 Å². The monoisotopic (exact) mass is 212 g/mol. The molecular weight excluding hydrogens is 200 g/mol. The highest BCUT2D eigenvalue weighted by Gasteiger charge is 2.07. The summed E-state index contributed by atoms with van der Waals surface area (Å²) in [7, 11) is 0. The molecule has 0 atom stereocenters. The standard InChI is InChI=1S/C14H12O2/c1-10-7-13(11-5-3-2-4-6-11)14(16)8-12(10)9-15/h2-9,16H,1H3. The highest BCUT2D eigenvalue weighted by atomic mass is 16.3. The van der Waals surface area contributed by atoms with E-state index in [2.05, 4.69) is 0 Å². The van der Waals surface area contributed by atoms with E-state index in [1.165, 1.54) is 6.07 Å². The van der Waals surface area contributed by atoms with Gasteiger partial charge in [0.1, 0.15) is 12.0 Å². The first-order valence-electron chi connectivity index (χ1n) is 5.06. The third-order valence-electron chi connectivity index (χ3n) is 2.60. The summed E-state index contributed by atoms with van der Waals surface area (Å²) < 4.78 is 0. The van der Waals surface area contributed by atoms with Gasteiger partial charge in [-0.15, -0.1) is 0 Å². The molecule has 0 unspecified atom stereocenters. The fraction of sp³-hybridized carbons (Fsp3) is 0.0714. The second-order valence-electron chi connectivity index (χ2n) is 3.71. The van der Waals surface area contributed by atoms with E-state index in [4.69, 9.17) is 0 Å². The molecule has 0 radical (unpaired) electrons. The van der Waals surface area contributed by atoms with Crippen molar-refractivity contribution in [2.24, 2.45) is 0 Å². The first-order chi connectivity index (χ1) is 7.72. The molecule has 2 heteroatoms. The van der Waals surface area contributed by atoms with E-state index in [1.807, 2.05) is 43.3 Å². The largest absolute Gasteiger partial charge is 0.507 e. The number of phenolic OH excluding ortho intramolecular Hbond substituents is 1. The summed E-state index contributed by atoms with van der Waals surface area (Å²) in [6.45, 7) is 1.86. The van der Waals surface area contributed by atoms with Crippen molar-refractivity contribution in [3.05, 3.63) is 53.6 Å². The Morgan fingerprint density at radius 1 is 1.12 bits per heavy atom. The molecule has 0 fully saturated rings. The Balaban J connectivity index is 2.59. The van der Waals surface area contributed by atoms with Crippen LogP contribution in [-0.4, -0.2) is 11.4 Å². The van der Waals surface area contributed by atoms with Crippen molar-refractivity contribution in [3.8, 4) is 16.9 Å². The van der Waals surface area contributed by atoms with Crippen LogP contribution in [0.4, 0.5) is 0 Å². The van der Waals surface area contributed by atoms with Gasteiger partial charge < -0.3 is 5.11 Å². The van der Waals surface area contributed by atoms with Gasteiger partial charge in [-0.3, -0.25) is 4.79 Å². The number of phenols is 1. The zero-order chi connectivity index (χ0) is 11.5. The second-order valence-corrected chi connectivity index (χ2v) is 3.71. The van der Waals surface area contributed by atoms with Gasteiger partial charge in [-0.05, 0) is 30.2 Å². The molecule has 1 N–H and O–H groups in total. The van der Waals surface area contributed by atoms with Crippen molar-refractivity contribution in [1.29, 1.82) is 0 Å². The highest BCUT2D eigenvalue weighted by molar-refractivity contribution is 5.82. The van der Waals surface area contributed by atoms with Crippen molar-refractivity contribution >= 4 is 6.29 Å². The van der Waals surface area contributed by atoms with Crippen molar-refractivity contribution in [2.75, 3.05) is 0 Å². The number of aryl methyl sites for hydroxylation is 1. The van der Waals surface area contributed by atoms with E-state index in [1.54, 1.807) is 0 Å². The van der Waals surface area contributed by atoms with Crippen LogP contribution < -0.4 is 0 Å². The molecule has 0 aliphatic heterocycles. The summed E-state index contributed by atoms with van der Waals surface area (Å²) in [5.74, 6) is 0.138. The molecule has 0 aliphatic rings. The quantitative estimate of drug-likeness (QED) is 0.776. The van der Waals surface area contributed by atoms with Crippen LogP contribution in [0.3, 0.4) is 0 Å². The lowest BCUT2D eigenvalue weighted by atomic mass is 9.99. The van der Waals surface area contributed by atoms with Crippen LogP contribution in [0.25, 0.3) is 11.1 Å². The molecule has 0 heterocycles. The maximum Gasteiger partial charge on any atom is 0.150 e. The van der Waals surface area contributed by atoms with Gasteiger partial charge in [0.15, 0.2) is 0 Å².